The summed E-state index contributed by atoms with van der Waals surface area (Å²) in [7, 11) is 0. The molecule has 0 radical (unpaired) electrons. The lowest BCUT2D eigenvalue weighted by atomic mass is 9.94. The van der Waals surface area contributed by atoms with Crippen molar-refractivity contribution in [3.05, 3.63) is 41.8 Å². The van der Waals surface area contributed by atoms with Gasteiger partial charge in [-0.3, -0.25) is 9.59 Å². The number of amides is 2. The molecule has 0 saturated carbocycles. The van der Waals surface area contributed by atoms with Crippen molar-refractivity contribution in [2.24, 2.45) is 5.92 Å². The normalized spacial score (nSPS) is 18.3. The molecule has 2 aromatic rings. The Morgan fingerprint density at radius 1 is 0.964 bits per heavy atom. The molecule has 2 saturated heterocycles. The standard InChI is InChI=1S/C22H27N3O3/c1-16-19(23-20(28-16)17-8-4-2-5-9-17)22(27)25-14-10-18(11-15-25)21(26)24-12-6-3-7-13-24/h2,4-5,8-9,18H,3,6-7,10-15H2,1H3. The second-order valence-corrected chi connectivity index (χ2v) is 7.74. The molecule has 0 atom stereocenters. The number of rotatable bonds is 3. The highest BCUT2D eigenvalue weighted by atomic mass is 16.4. The first-order valence-corrected chi connectivity index (χ1v) is 10.2. The monoisotopic (exact) mass is 381 g/mol. The fraction of sp³-hybridized carbons (Fsp3) is 0.500. The number of oxazole rings is 1. The Bertz CT molecular complexity index is 832. The average molecular weight is 381 g/mol. The van der Waals surface area contributed by atoms with Crippen LogP contribution >= 0.6 is 0 Å². The Balaban J connectivity index is 1.39. The van der Waals surface area contributed by atoms with Crippen LogP contribution in [0, 0.1) is 12.8 Å². The van der Waals surface area contributed by atoms with Crippen LogP contribution in [0.2, 0.25) is 0 Å². The van der Waals surface area contributed by atoms with Crippen LogP contribution in [0.5, 0.6) is 0 Å². The van der Waals surface area contributed by atoms with Crippen molar-refractivity contribution in [2.75, 3.05) is 26.2 Å². The Kier molecular flexibility index (Phi) is 5.46. The molecule has 2 aliphatic rings. The van der Waals surface area contributed by atoms with Crippen LogP contribution in [0.4, 0.5) is 0 Å². The fourth-order valence-electron chi connectivity index (χ4n) is 4.15. The summed E-state index contributed by atoms with van der Waals surface area (Å²) in [6.07, 6.45) is 4.89. The summed E-state index contributed by atoms with van der Waals surface area (Å²) in [6.45, 7) is 4.74. The summed E-state index contributed by atoms with van der Waals surface area (Å²) in [5.41, 5.74) is 1.23. The number of nitrogens with zero attached hydrogens (tertiary/aromatic N) is 3. The Morgan fingerprint density at radius 3 is 2.32 bits per heavy atom. The molecule has 0 unspecified atom stereocenters. The zero-order valence-corrected chi connectivity index (χ0v) is 16.4. The molecule has 0 spiro atoms. The molecule has 4 rings (SSSR count). The molecule has 3 heterocycles. The molecule has 0 bridgehead atoms. The number of benzene rings is 1. The Hall–Kier alpha value is -2.63. The minimum atomic E-state index is -0.104. The largest absolute Gasteiger partial charge is 0.441 e. The van der Waals surface area contributed by atoms with Crippen molar-refractivity contribution in [1.82, 2.24) is 14.8 Å². The van der Waals surface area contributed by atoms with E-state index in [2.05, 4.69) is 4.98 Å². The average Bonchev–Trinajstić information content (AvgIpc) is 3.16. The summed E-state index contributed by atoms with van der Waals surface area (Å²) in [5.74, 6) is 1.22. The topological polar surface area (TPSA) is 66.7 Å². The van der Waals surface area contributed by atoms with E-state index in [1.54, 1.807) is 11.8 Å². The highest BCUT2D eigenvalue weighted by Crippen LogP contribution is 2.26. The summed E-state index contributed by atoms with van der Waals surface area (Å²) in [6, 6.07) is 9.59. The van der Waals surface area contributed by atoms with Crippen LogP contribution in [0.15, 0.2) is 34.7 Å². The fourth-order valence-corrected chi connectivity index (χ4v) is 4.15. The molecular formula is C22H27N3O3. The van der Waals surface area contributed by atoms with Crippen molar-refractivity contribution in [1.29, 1.82) is 0 Å². The van der Waals surface area contributed by atoms with Gasteiger partial charge in [0.2, 0.25) is 11.8 Å². The molecule has 0 N–H and O–H groups in total. The Morgan fingerprint density at radius 2 is 1.64 bits per heavy atom. The molecule has 2 amide bonds. The van der Waals surface area contributed by atoms with E-state index in [1.807, 2.05) is 35.2 Å². The van der Waals surface area contributed by atoms with Crippen LogP contribution in [-0.4, -0.2) is 52.8 Å². The summed E-state index contributed by atoms with van der Waals surface area (Å²) >= 11 is 0. The number of piperidine rings is 2. The van der Waals surface area contributed by atoms with Gasteiger partial charge in [-0.25, -0.2) is 4.98 Å². The third kappa shape index (κ3) is 3.81. The van der Waals surface area contributed by atoms with E-state index in [-0.39, 0.29) is 17.7 Å². The smallest absolute Gasteiger partial charge is 0.276 e. The van der Waals surface area contributed by atoms with Crippen LogP contribution in [0.3, 0.4) is 0 Å². The number of likely N-dealkylation sites (tertiary alicyclic amines) is 2. The number of hydrogen-bond donors (Lipinski definition) is 0. The SMILES string of the molecule is Cc1oc(-c2ccccc2)nc1C(=O)N1CCC(C(=O)N2CCCCC2)CC1. The zero-order chi connectivity index (χ0) is 19.5. The van der Waals surface area contributed by atoms with Gasteiger partial charge >= 0.3 is 0 Å². The highest BCUT2D eigenvalue weighted by Gasteiger charge is 2.32. The molecule has 2 aliphatic heterocycles. The van der Waals surface area contributed by atoms with E-state index in [9.17, 15) is 9.59 Å². The van der Waals surface area contributed by atoms with Gasteiger partial charge in [0.15, 0.2) is 5.69 Å². The summed E-state index contributed by atoms with van der Waals surface area (Å²) in [4.78, 5) is 33.9. The van der Waals surface area contributed by atoms with Gasteiger partial charge in [0.05, 0.1) is 0 Å². The van der Waals surface area contributed by atoms with Crippen LogP contribution in [0.1, 0.15) is 48.4 Å². The van der Waals surface area contributed by atoms with Gasteiger partial charge in [-0.15, -0.1) is 0 Å². The molecular weight excluding hydrogens is 354 g/mol. The molecule has 2 fully saturated rings. The lowest BCUT2D eigenvalue weighted by Gasteiger charge is -2.35. The molecule has 1 aromatic heterocycles. The summed E-state index contributed by atoms with van der Waals surface area (Å²) < 4.78 is 5.73. The van der Waals surface area contributed by atoms with E-state index in [0.717, 1.165) is 44.3 Å². The molecule has 0 aliphatic carbocycles. The van der Waals surface area contributed by atoms with Gasteiger partial charge in [-0.1, -0.05) is 18.2 Å². The maximum absolute atomic E-state index is 13.0. The van der Waals surface area contributed by atoms with Crippen molar-refractivity contribution >= 4 is 11.8 Å². The minimum absolute atomic E-state index is 0.0421. The molecule has 28 heavy (non-hydrogen) atoms. The number of carbonyl (C=O) groups excluding carboxylic acids is 2. The van der Waals surface area contributed by atoms with E-state index in [1.165, 1.54) is 6.42 Å². The predicted molar refractivity (Wildman–Crippen MR) is 106 cm³/mol. The number of aryl methyl sites for hydroxylation is 1. The van der Waals surface area contributed by atoms with Crippen LogP contribution < -0.4 is 0 Å². The van der Waals surface area contributed by atoms with E-state index in [4.69, 9.17) is 4.42 Å². The zero-order valence-electron chi connectivity index (χ0n) is 16.4. The van der Waals surface area contributed by atoms with Crippen molar-refractivity contribution < 1.29 is 14.0 Å². The first-order valence-electron chi connectivity index (χ1n) is 10.2. The summed E-state index contributed by atoms with van der Waals surface area (Å²) in [5, 5.41) is 0. The second kappa shape index (κ2) is 8.17. The van der Waals surface area contributed by atoms with Crippen molar-refractivity contribution in [2.45, 2.75) is 39.0 Å². The van der Waals surface area contributed by atoms with Crippen molar-refractivity contribution in [3.63, 3.8) is 0 Å². The lowest BCUT2D eigenvalue weighted by molar-refractivity contribution is -0.137. The minimum Gasteiger partial charge on any atom is -0.441 e. The van der Waals surface area contributed by atoms with E-state index >= 15 is 0 Å². The maximum atomic E-state index is 13.0. The van der Waals surface area contributed by atoms with Crippen LogP contribution in [-0.2, 0) is 4.79 Å². The first-order chi connectivity index (χ1) is 13.6. The predicted octanol–water partition coefficient (Wildman–Crippen LogP) is 3.51. The van der Waals surface area contributed by atoms with Gasteiger partial charge in [-0.05, 0) is 51.2 Å². The molecule has 6 nitrogen and oxygen atoms in total. The number of carbonyl (C=O) groups is 2. The van der Waals surface area contributed by atoms with E-state index in [0.29, 0.717) is 30.4 Å². The van der Waals surface area contributed by atoms with Gasteiger partial charge in [0.1, 0.15) is 5.76 Å². The molecule has 148 valence electrons. The van der Waals surface area contributed by atoms with Gasteiger partial charge < -0.3 is 14.2 Å². The third-order valence-corrected chi connectivity index (χ3v) is 5.82. The number of hydrogen-bond acceptors (Lipinski definition) is 4. The number of aromatic nitrogens is 1. The maximum Gasteiger partial charge on any atom is 0.276 e. The van der Waals surface area contributed by atoms with Crippen LogP contribution in [0.25, 0.3) is 11.5 Å². The van der Waals surface area contributed by atoms with E-state index < -0.39 is 0 Å². The second-order valence-electron chi connectivity index (χ2n) is 7.74. The van der Waals surface area contributed by atoms with Gasteiger partial charge in [-0.2, -0.15) is 0 Å². The quantitative estimate of drug-likeness (QED) is 0.816. The third-order valence-electron chi connectivity index (χ3n) is 5.82. The lowest BCUT2D eigenvalue weighted by Crippen LogP contribution is -2.45. The van der Waals surface area contributed by atoms with Crippen molar-refractivity contribution in [3.8, 4) is 11.5 Å². The molecule has 6 heteroatoms. The van der Waals surface area contributed by atoms with Gasteiger partial charge in [0.25, 0.3) is 5.91 Å². The van der Waals surface area contributed by atoms with Gasteiger partial charge in [0, 0.05) is 37.7 Å². The molecule has 1 aromatic carbocycles. The highest BCUT2D eigenvalue weighted by molar-refractivity contribution is 5.94. The Labute approximate surface area is 165 Å². The first kappa shape index (κ1) is 18.7.